The van der Waals surface area contributed by atoms with Crippen LogP contribution in [-0.2, 0) is 0 Å². The molecule has 0 saturated carbocycles. The Morgan fingerprint density at radius 2 is 2.28 bits per heavy atom. The Morgan fingerprint density at radius 3 is 2.94 bits per heavy atom. The highest BCUT2D eigenvalue weighted by molar-refractivity contribution is 6.31. The largest absolute Gasteiger partial charge is 0.383 e. The van der Waals surface area contributed by atoms with Crippen LogP contribution < -0.4 is 5.32 Å². The van der Waals surface area contributed by atoms with Crippen LogP contribution in [0.15, 0.2) is 36.7 Å². The molecule has 1 N–H and O–H groups in total. The lowest BCUT2D eigenvalue weighted by molar-refractivity contribution is 0.593. The molecular weight excluding hydrogens is 246 g/mol. The molecule has 0 bridgehead atoms. The van der Waals surface area contributed by atoms with Crippen LogP contribution in [0.2, 0.25) is 5.02 Å². The second-order valence-corrected chi connectivity index (χ2v) is 4.94. The Labute approximate surface area is 113 Å². The highest BCUT2D eigenvalue weighted by atomic mass is 35.5. The average Bonchev–Trinajstić information content (AvgIpc) is 2.89. The van der Waals surface area contributed by atoms with E-state index >= 15 is 0 Å². The Kier molecular flexibility index (Phi) is 4.26. The van der Waals surface area contributed by atoms with E-state index in [1.165, 1.54) is 0 Å². The summed E-state index contributed by atoms with van der Waals surface area (Å²) >= 11 is 6.06. The molecule has 3 nitrogen and oxygen atoms in total. The van der Waals surface area contributed by atoms with Gasteiger partial charge in [-0.2, -0.15) is 5.10 Å². The van der Waals surface area contributed by atoms with Gasteiger partial charge in [-0.05, 0) is 30.2 Å². The number of aromatic nitrogens is 2. The van der Waals surface area contributed by atoms with Gasteiger partial charge >= 0.3 is 0 Å². The van der Waals surface area contributed by atoms with Gasteiger partial charge in [0.15, 0.2) is 0 Å². The minimum Gasteiger partial charge on any atom is -0.383 e. The molecule has 1 atom stereocenters. The normalized spacial score (nSPS) is 12.4. The zero-order valence-electron chi connectivity index (χ0n) is 10.7. The topological polar surface area (TPSA) is 29.9 Å². The van der Waals surface area contributed by atoms with Crippen molar-refractivity contribution in [1.82, 2.24) is 9.78 Å². The molecule has 0 aliphatic heterocycles. The third kappa shape index (κ3) is 3.05. The molecule has 18 heavy (non-hydrogen) atoms. The van der Waals surface area contributed by atoms with E-state index in [0.29, 0.717) is 5.92 Å². The summed E-state index contributed by atoms with van der Waals surface area (Å²) in [5, 5.41) is 8.44. The second-order valence-electron chi connectivity index (χ2n) is 4.51. The Morgan fingerprint density at radius 1 is 1.44 bits per heavy atom. The lowest BCUT2D eigenvalue weighted by atomic mass is 10.1. The van der Waals surface area contributed by atoms with E-state index < -0.39 is 0 Å². The molecule has 1 unspecified atom stereocenters. The van der Waals surface area contributed by atoms with Crippen molar-refractivity contribution >= 4 is 17.3 Å². The van der Waals surface area contributed by atoms with E-state index in [9.17, 15) is 0 Å². The third-order valence-corrected chi connectivity index (χ3v) is 3.28. The minimum absolute atomic E-state index is 0.634. The molecule has 0 fully saturated rings. The van der Waals surface area contributed by atoms with Gasteiger partial charge in [-0.15, -0.1) is 0 Å². The highest BCUT2D eigenvalue weighted by Gasteiger charge is 2.07. The van der Waals surface area contributed by atoms with Crippen LogP contribution >= 0.6 is 11.6 Å². The summed E-state index contributed by atoms with van der Waals surface area (Å²) < 4.78 is 1.84. The maximum atomic E-state index is 6.06. The first-order valence-corrected chi connectivity index (χ1v) is 6.62. The summed E-state index contributed by atoms with van der Waals surface area (Å²) in [7, 11) is 0. The molecule has 1 heterocycles. The first kappa shape index (κ1) is 13.0. The van der Waals surface area contributed by atoms with Crippen molar-refractivity contribution in [2.45, 2.75) is 20.3 Å². The number of anilines is 1. The molecule has 0 aliphatic carbocycles. The number of hydrogen-bond donors (Lipinski definition) is 1. The molecule has 2 rings (SSSR count). The van der Waals surface area contributed by atoms with Crippen molar-refractivity contribution < 1.29 is 0 Å². The average molecular weight is 264 g/mol. The van der Waals surface area contributed by atoms with E-state index in [-0.39, 0.29) is 0 Å². The van der Waals surface area contributed by atoms with Crippen molar-refractivity contribution in [3.8, 4) is 5.69 Å². The van der Waals surface area contributed by atoms with Crippen molar-refractivity contribution in [3.05, 3.63) is 41.7 Å². The summed E-state index contributed by atoms with van der Waals surface area (Å²) in [4.78, 5) is 0. The van der Waals surface area contributed by atoms with Crippen molar-refractivity contribution in [3.63, 3.8) is 0 Å². The summed E-state index contributed by atoms with van der Waals surface area (Å²) in [5.41, 5.74) is 2.04. The summed E-state index contributed by atoms with van der Waals surface area (Å²) in [6, 6.07) is 7.72. The molecule has 0 radical (unpaired) electrons. The van der Waals surface area contributed by atoms with Crippen LogP contribution in [0.25, 0.3) is 5.69 Å². The Bertz CT molecular complexity index is 494. The fourth-order valence-corrected chi connectivity index (χ4v) is 1.86. The van der Waals surface area contributed by atoms with E-state index in [4.69, 9.17) is 11.6 Å². The molecule has 96 valence electrons. The Balaban J connectivity index is 2.24. The van der Waals surface area contributed by atoms with Crippen LogP contribution in [0.3, 0.4) is 0 Å². The zero-order chi connectivity index (χ0) is 13.0. The molecule has 1 aromatic heterocycles. The van der Waals surface area contributed by atoms with E-state index in [1.54, 1.807) is 6.20 Å². The molecule has 0 spiro atoms. The van der Waals surface area contributed by atoms with Gasteiger partial charge in [-0.3, -0.25) is 0 Å². The second kappa shape index (κ2) is 5.91. The first-order chi connectivity index (χ1) is 8.70. The van der Waals surface area contributed by atoms with Gasteiger partial charge in [0, 0.05) is 24.0 Å². The molecule has 2 aromatic rings. The van der Waals surface area contributed by atoms with Gasteiger partial charge in [0.05, 0.1) is 11.4 Å². The van der Waals surface area contributed by atoms with Crippen LogP contribution in [0.1, 0.15) is 20.3 Å². The quantitative estimate of drug-likeness (QED) is 0.884. The van der Waals surface area contributed by atoms with E-state index in [2.05, 4.69) is 24.3 Å². The fourth-order valence-electron chi connectivity index (χ4n) is 1.69. The van der Waals surface area contributed by atoms with E-state index in [0.717, 1.165) is 29.4 Å². The minimum atomic E-state index is 0.634. The monoisotopic (exact) mass is 263 g/mol. The lowest BCUT2D eigenvalue weighted by Crippen LogP contribution is -2.12. The predicted molar refractivity (Wildman–Crippen MR) is 76.5 cm³/mol. The molecule has 1 aromatic carbocycles. The Hall–Kier alpha value is -1.48. The molecule has 0 aliphatic rings. The number of hydrogen-bond acceptors (Lipinski definition) is 2. The van der Waals surface area contributed by atoms with Crippen LogP contribution in [0, 0.1) is 5.92 Å². The predicted octanol–water partition coefficient (Wildman–Crippen LogP) is 3.98. The summed E-state index contributed by atoms with van der Waals surface area (Å²) in [6.07, 6.45) is 4.86. The summed E-state index contributed by atoms with van der Waals surface area (Å²) in [5.74, 6) is 0.634. The number of nitrogens with one attached hydrogen (secondary N) is 1. The van der Waals surface area contributed by atoms with Crippen molar-refractivity contribution in [2.75, 3.05) is 11.9 Å². The number of rotatable bonds is 5. The zero-order valence-corrected chi connectivity index (χ0v) is 11.5. The number of nitrogens with zero attached hydrogens (tertiary/aromatic N) is 2. The van der Waals surface area contributed by atoms with Gasteiger partial charge in [0.1, 0.15) is 0 Å². The maximum absolute atomic E-state index is 6.06. The van der Waals surface area contributed by atoms with E-state index in [1.807, 2.05) is 35.1 Å². The first-order valence-electron chi connectivity index (χ1n) is 6.24. The fraction of sp³-hybridized carbons (Fsp3) is 0.357. The number of benzene rings is 1. The molecule has 4 heteroatoms. The van der Waals surface area contributed by atoms with Crippen molar-refractivity contribution in [1.29, 1.82) is 0 Å². The third-order valence-electron chi connectivity index (χ3n) is 3.05. The lowest BCUT2D eigenvalue weighted by Gasteiger charge is -2.15. The van der Waals surface area contributed by atoms with Gasteiger partial charge < -0.3 is 5.32 Å². The van der Waals surface area contributed by atoms with Gasteiger partial charge in [0.2, 0.25) is 0 Å². The molecule has 0 saturated heterocycles. The van der Waals surface area contributed by atoms with Gasteiger partial charge in [-0.25, -0.2) is 4.68 Å². The molecular formula is C14H18ClN3. The maximum Gasteiger partial charge on any atom is 0.0877 e. The van der Waals surface area contributed by atoms with Crippen LogP contribution in [0.4, 0.5) is 5.69 Å². The highest BCUT2D eigenvalue weighted by Crippen LogP contribution is 2.24. The smallest absolute Gasteiger partial charge is 0.0877 e. The van der Waals surface area contributed by atoms with Crippen LogP contribution in [0.5, 0.6) is 0 Å². The van der Waals surface area contributed by atoms with Crippen molar-refractivity contribution in [2.24, 2.45) is 5.92 Å². The van der Waals surface area contributed by atoms with Crippen LogP contribution in [-0.4, -0.2) is 16.3 Å². The SMILES string of the molecule is CCC(C)CNc1cc(Cl)ccc1-n1cccn1. The standard InChI is InChI=1S/C14H18ClN3/c1-3-11(2)10-16-13-9-12(15)5-6-14(13)18-8-4-7-17-18/h4-9,11,16H,3,10H2,1-2H3. The number of halogens is 1. The molecule has 0 amide bonds. The summed E-state index contributed by atoms with van der Waals surface area (Å²) in [6.45, 7) is 5.36. The van der Waals surface area contributed by atoms with Gasteiger partial charge in [-0.1, -0.05) is 31.9 Å². The van der Waals surface area contributed by atoms with Gasteiger partial charge in [0.25, 0.3) is 0 Å².